The number of hydrogen-bond donors (Lipinski definition) is 1. The summed E-state index contributed by atoms with van der Waals surface area (Å²) in [5, 5.41) is 4.26. The number of hydrogen-bond acceptors (Lipinski definition) is 2. The Balaban J connectivity index is 1.85. The first-order valence-corrected chi connectivity index (χ1v) is 7.21. The third-order valence-electron chi connectivity index (χ3n) is 3.32. The fraction of sp³-hybridized carbons (Fsp3) is 0.538. The average Bonchev–Trinajstić information content (AvgIpc) is 2.21. The van der Waals surface area contributed by atoms with Gasteiger partial charge in [-0.2, -0.15) is 0 Å². The van der Waals surface area contributed by atoms with Gasteiger partial charge in [0.2, 0.25) is 0 Å². The van der Waals surface area contributed by atoms with Gasteiger partial charge in [0, 0.05) is 21.7 Å². The molecule has 88 valence electrons. The van der Waals surface area contributed by atoms with Crippen molar-refractivity contribution in [2.24, 2.45) is 5.92 Å². The summed E-state index contributed by atoms with van der Waals surface area (Å²) in [7, 11) is 2.07. The summed E-state index contributed by atoms with van der Waals surface area (Å²) in [6.07, 6.45) is 4.19. The molecule has 0 amide bonds. The second kappa shape index (κ2) is 5.95. The Morgan fingerprint density at radius 3 is 2.88 bits per heavy atom. The minimum atomic E-state index is 0.651. The Labute approximate surface area is 107 Å². The molecule has 1 fully saturated rings. The fourth-order valence-corrected chi connectivity index (χ4v) is 3.49. The van der Waals surface area contributed by atoms with Crippen LogP contribution in [-0.2, 0) is 0 Å². The third-order valence-corrected chi connectivity index (χ3v) is 4.66. The summed E-state index contributed by atoms with van der Waals surface area (Å²) < 4.78 is 0. The van der Waals surface area contributed by atoms with E-state index in [1.807, 2.05) is 30.0 Å². The third kappa shape index (κ3) is 3.16. The van der Waals surface area contributed by atoms with Gasteiger partial charge in [0.25, 0.3) is 0 Å². The Morgan fingerprint density at radius 2 is 2.31 bits per heavy atom. The molecule has 2 rings (SSSR count). The maximum Gasteiger partial charge on any atom is 0.0417 e. The van der Waals surface area contributed by atoms with Gasteiger partial charge in [-0.15, -0.1) is 11.8 Å². The summed E-state index contributed by atoms with van der Waals surface area (Å²) >= 11 is 7.86. The highest BCUT2D eigenvalue weighted by molar-refractivity contribution is 7.99. The van der Waals surface area contributed by atoms with Crippen molar-refractivity contribution in [3.63, 3.8) is 0 Å². The van der Waals surface area contributed by atoms with E-state index in [0.29, 0.717) is 6.04 Å². The zero-order chi connectivity index (χ0) is 11.4. The van der Waals surface area contributed by atoms with E-state index in [1.54, 1.807) is 0 Å². The van der Waals surface area contributed by atoms with Gasteiger partial charge in [-0.25, -0.2) is 0 Å². The van der Waals surface area contributed by atoms with Crippen LogP contribution in [0.25, 0.3) is 0 Å². The van der Waals surface area contributed by atoms with E-state index < -0.39 is 0 Å². The lowest BCUT2D eigenvalue weighted by Gasteiger charge is -2.33. The van der Waals surface area contributed by atoms with Crippen LogP contribution in [0, 0.1) is 5.92 Å². The van der Waals surface area contributed by atoms with Gasteiger partial charge in [-0.3, -0.25) is 0 Å². The van der Waals surface area contributed by atoms with E-state index in [0.717, 1.165) is 16.7 Å². The van der Waals surface area contributed by atoms with Gasteiger partial charge in [-0.05, 0) is 44.0 Å². The zero-order valence-corrected chi connectivity index (χ0v) is 11.2. The normalized spacial score (nSPS) is 18.1. The molecule has 0 aromatic heterocycles. The van der Waals surface area contributed by atoms with Gasteiger partial charge in [0.05, 0.1) is 0 Å². The van der Waals surface area contributed by atoms with E-state index in [1.165, 1.54) is 24.2 Å². The van der Waals surface area contributed by atoms with E-state index in [-0.39, 0.29) is 0 Å². The van der Waals surface area contributed by atoms with Crippen LogP contribution in [0.2, 0.25) is 5.02 Å². The molecule has 1 aromatic rings. The van der Waals surface area contributed by atoms with Crippen molar-refractivity contribution >= 4 is 23.4 Å². The average molecular weight is 256 g/mol. The second-order valence-electron chi connectivity index (χ2n) is 4.35. The molecule has 0 bridgehead atoms. The minimum absolute atomic E-state index is 0.651. The number of nitrogens with one attached hydrogen (secondary N) is 1. The van der Waals surface area contributed by atoms with E-state index >= 15 is 0 Å². The smallest absolute Gasteiger partial charge is 0.0417 e. The fourth-order valence-electron chi connectivity index (χ4n) is 2.04. The van der Waals surface area contributed by atoms with Crippen LogP contribution in [0.15, 0.2) is 29.2 Å². The van der Waals surface area contributed by atoms with Crippen LogP contribution < -0.4 is 5.32 Å². The highest BCUT2D eigenvalue weighted by atomic mass is 35.5. The van der Waals surface area contributed by atoms with Crippen molar-refractivity contribution in [1.82, 2.24) is 5.32 Å². The lowest BCUT2D eigenvalue weighted by molar-refractivity contribution is 0.252. The van der Waals surface area contributed by atoms with Crippen LogP contribution in [0.5, 0.6) is 0 Å². The lowest BCUT2D eigenvalue weighted by atomic mass is 9.80. The molecular formula is C13H18ClNS. The summed E-state index contributed by atoms with van der Waals surface area (Å²) in [6.45, 7) is 0. The summed E-state index contributed by atoms with van der Waals surface area (Å²) in [5.74, 6) is 2.03. The molecule has 1 aliphatic rings. The van der Waals surface area contributed by atoms with Gasteiger partial charge in [0.15, 0.2) is 0 Å². The minimum Gasteiger partial charge on any atom is -0.316 e. The summed E-state index contributed by atoms with van der Waals surface area (Å²) in [6, 6.07) is 8.76. The highest BCUT2D eigenvalue weighted by Crippen LogP contribution is 2.32. The molecule has 1 unspecified atom stereocenters. The first-order chi connectivity index (χ1) is 7.79. The zero-order valence-electron chi connectivity index (χ0n) is 9.58. The Morgan fingerprint density at radius 1 is 1.50 bits per heavy atom. The van der Waals surface area contributed by atoms with Crippen LogP contribution in [0.1, 0.15) is 19.3 Å². The molecule has 0 radical (unpaired) electrons. The molecule has 16 heavy (non-hydrogen) atoms. The lowest BCUT2D eigenvalue weighted by Crippen LogP contribution is -2.39. The highest BCUT2D eigenvalue weighted by Gasteiger charge is 2.25. The number of rotatable bonds is 5. The molecule has 1 aliphatic carbocycles. The van der Waals surface area contributed by atoms with Crippen LogP contribution >= 0.6 is 23.4 Å². The van der Waals surface area contributed by atoms with Gasteiger partial charge in [-0.1, -0.05) is 24.1 Å². The number of benzene rings is 1. The Kier molecular flexibility index (Phi) is 4.56. The Bertz CT molecular complexity index is 338. The molecule has 0 aliphatic heterocycles. The van der Waals surface area contributed by atoms with E-state index in [4.69, 9.17) is 11.6 Å². The van der Waals surface area contributed by atoms with E-state index in [2.05, 4.69) is 18.4 Å². The maximum atomic E-state index is 5.97. The molecule has 1 atom stereocenters. The van der Waals surface area contributed by atoms with Crippen LogP contribution in [0.3, 0.4) is 0 Å². The number of halogens is 1. The van der Waals surface area contributed by atoms with Gasteiger partial charge < -0.3 is 5.32 Å². The molecule has 0 spiro atoms. The monoisotopic (exact) mass is 255 g/mol. The van der Waals surface area contributed by atoms with Crippen molar-refractivity contribution in [2.75, 3.05) is 12.8 Å². The molecule has 1 aromatic carbocycles. The standard InChI is InChI=1S/C13H18ClNS/c1-15-13(10-4-2-5-10)9-16-12-7-3-6-11(14)8-12/h3,6-8,10,13,15H,2,4-5,9H2,1H3. The van der Waals surface area contributed by atoms with Gasteiger partial charge >= 0.3 is 0 Å². The van der Waals surface area contributed by atoms with Gasteiger partial charge in [0.1, 0.15) is 0 Å². The quantitative estimate of drug-likeness (QED) is 0.803. The van der Waals surface area contributed by atoms with Crippen LogP contribution in [-0.4, -0.2) is 18.8 Å². The second-order valence-corrected chi connectivity index (χ2v) is 5.88. The molecular weight excluding hydrogens is 238 g/mol. The predicted molar refractivity (Wildman–Crippen MR) is 72.4 cm³/mol. The molecule has 3 heteroatoms. The van der Waals surface area contributed by atoms with Crippen molar-refractivity contribution in [3.05, 3.63) is 29.3 Å². The topological polar surface area (TPSA) is 12.0 Å². The molecule has 1 saturated carbocycles. The molecule has 0 heterocycles. The van der Waals surface area contributed by atoms with Crippen molar-refractivity contribution < 1.29 is 0 Å². The maximum absolute atomic E-state index is 5.97. The summed E-state index contributed by atoms with van der Waals surface area (Å²) in [5.41, 5.74) is 0. The SMILES string of the molecule is CNC(CSc1cccc(Cl)c1)C1CCC1. The first kappa shape index (κ1) is 12.3. The van der Waals surface area contributed by atoms with Crippen molar-refractivity contribution in [1.29, 1.82) is 0 Å². The van der Waals surface area contributed by atoms with Crippen molar-refractivity contribution in [2.45, 2.75) is 30.2 Å². The number of thioether (sulfide) groups is 1. The molecule has 1 N–H and O–H groups in total. The summed E-state index contributed by atoms with van der Waals surface area (Å²) in [4.78, 5) is 1.27. The largest absolute Gasteiger partial charge is 0.316 e. The van der Waals surface area contributed by atoms with Crippen molar-refractivity contribution in [3.8, 4) is 0 Å². The first-order valence-electron chi connectivity index (χ1n) is 5.85. The van der Waals surface area contributed by atoms with E-state index in [9.17, 15) is 0 Å². The predicted octanol–water partition coefficient (Wildman–Crippen LogP) is 3.82. The Hall–Kier alpha value is -0.180. The van der Waals surface area contributed by atoms with Crippen LogP contribution in [0.4, 0.5) is 0 Å². The molecule has 0 saturated heterocycles. The molecule has 1 nitrogen and oxygen atoms in total.